The van der Waals surface area contributed by atoms with Gasteiger partial charge in [-0.05, 0) is 19.1 Å². The van der Waals surface area contributed by atoms with Crippen LogP contribution in [0, 0.1) is 0 Å². The van der Waals surface area contributed by atoms with Gasteiger partial charge in [-0.25, -0.2) is 8.42 Å². The van der Waals surface area contributed by atoms with E-state index >= 15 is 0 Å². The zero-order valence-corrected chi connectivity index (χ0v) is 12.6. The van der Waals surface area contributed by atoms with Crippen LogP contribution in [0.3, 0.4) is 0 Å². The molecule has 0 fully saturated rings. The Bertz CT molecular complexity index is 525. The molecule has 0 heterocycles. The maximum absolute atomic E-state index is 11.2. The number of sulfone groups is 1. The van der Waals surface area contributed by atoms with Crippen molar-refractivity contribution in [2.75, 3.05) is 37.6 Å². The number of aliphatic hydroxyl groups is 1. The van der Waals surface area contributed by atoms with E-state index in [4.69, 9.17) is 4.74 Å². The molecule has 108 valence electrons. The topological polar surface area (TPSA) is 66.8 Å². The van der Waals surface area contributed by atoms with Crippen LogP contribution < -0.4 is 9.64 Å². The molecule has 1 N–H and O–H groups in total. The van der Waals surface area contributed by atoms with Gasteiger partial charge >= 0.3 is 0 Å². The average molecular weight is 287 g/mol. The predicted molar refractivity (Wildman–Crippen MR) is 76.6 cm³/mol. The normalized spacial score (nSPS) is 13.1. The monoisotopic (exact) mass is 287 g/mol. The van der Waals surface area contributed by atoms with E-state index in [2.05, 4.69) is 0 Å². The van der Waals surface area contributed by atoms with Gasteiger partial charge in [-0.1, -0.05) is 6.07 Å². The Morgan fingerprint density at radius 3 is 2.53 bits per heavy atom. The third kappa shape index (κ3) is 4.40. The Balaban J connectivity index is 3.05. The van der Waals surface area contributed by atoms with E-state index in [0.29, 0.717) is 17.9 Å². The molecule has 0 saturated carbocycles. The number of benzene rings is 1. The fourth-order valence-corrected chi connectivity index (χ4v) is 2.49. The maximum atomic E-state index is 11.2. The van der Waals surface area contributed by atoms with Crippen LogP contribution in [0.25, 0.3) is 0 Å². The van der Waals surface area contributed by atoms with Crippen molar-refractivity contribution in [1.82, 2.24) is 0 Å². The smallest absolute Gasteiger partial charge is 0.149 e. The number of rotatable bonds is 6. The van der Waals surface area contributed by atoms with Gasteiger partial charge in [-0.3, -0.25) is 0 Å². The molecule has 0 radical (unpaired) electrons. The minimum atomic E-state index is -3.01. The molecular formula is C13H21NO4S. The molecule has 1 rings (SSSR count). The van der Waals surface area contributed by atoms with E-state index in [9.17, 15) is 13.5 Å². The van der Waals surface area contributed by atoms with Crippen molar-refractivity contribution in [2.24, 2.45) is 0 Å². The molecule has 0 aliphatic heterocycles. The summed E-state index contributed by atoms with van der Waals surface area (Å²) < 4.78 is 27.7. The Hall–Kier alpha value is -1.27. The van der Waals surface area contributed by atoms with Gasteiger partial charge in [-0.2, -0.15) is 0 Å². The Kier molecular flexibility index (Phi) is 5.20. The van der Waals surface area contributed by atoms with Crippen molar-refractivity contribution in [3.05, 3.63) is 23.8 Å². The highest BCUT2D eigenvalue weighted by Gasteiger charge is 2.17. The Labute approximate surface area is 114 Å². The second-order valence-electron chi connectivity index (χ2n) is 4.62. The van der Waals surface area contributed by atoms with E-state index in [1.807, 2.05) is 17.0 Å². The summed E-state index contributed by atoms with van der Waals surface area (Å²) in [6.45, 7) is 2.03. The van der Waals surface area contributed by atoms with E-state index in [1.165, 1.54) is 6.26 Å². The number of methoxy groups -OCH3 is 1. The lowest BCUT2D eigenvalue weighted by molar-refractivity contribution is 0.194. The summed E-state index contributed by atoms with van der Waals surface area (Å²) in [5.74, 6) is 0.665. The molecule has 0 amide bonds. The molecule has 1 atom stereocenters. The van der Waals surface area contributed by atoms with Crippen molar-refractivity contribution in [3.8, 4) is 5.75 Å². The molecule has 5 nitrogen and oxygen atoms in total. The number of anilines is 1. The summed E-state index contributed by atoms with van der Waals surface area (Å²) in [7, 11) is 0.329. The lowest BCUT2D eigenvalue weighted by Crippen LogP contribution is -2.26. The van der Waals surface area contributed by atoms with E-state index in [1.54, 1.807) is 27.1 Å². The quantitative estimate of drug-likeness (QED) is 0.852. The minimum Gasteiger partial charge on any atom is -0.496 e. The molecule has 0 aromatic heterocycles. The van der Waals surface area contributed by atoms with Crippen LogP contribution in [-0.2, 0) is 9.84 Å². The summed E-state index contributed by atoms with van der Waals surface area (Å²) in [6, 6.07) is 5.43. The number of hydrogen-bond donors (Lipinski definition) is 1. The zero-order valence-electron chi connectivity index (χ0n) is 11.8. The highest BCUT2D eigenvalue weighted by Crippen LogP contribution is 2.33. The molecule has 0 saturated heterocycles. The summed E-state index contributed by atoms with van der Waals surface area (Å²) in [5.41, 5.74) is 1.44. The Morgan fingerprint density at radius 2 is 2.05 bits per heavy atom. The van der Waals surface area contributed by atoms with Crippen LogP contribution in [0.5, 0.6) is 5.75 Å². The van der Waals surface area contributed by atoms with Gasteiger partial charge in [0.2, 0.25) is 0 Å². The van der Waals surface area contributed by atoms with E-state index in [-0.39, 0.29) is 5.75 Å². The van der Waals surface area contributed by atoms with Gasteiger partial charge in [0.05, 0.1) is 19.0 Å². The molecular weight excluding hydrogens is 266 g/mol. The zero-order chi connectivity index (χ0) is 14.6. The van der Waals surface area contributed by atoms with Crippen LogP contribution in [0.1, 0.15) is 18.6 Å². The highest BCUT2D eigenvalue weighted by atomic mass is 32.2. The van der Waals surface area contributed by atoms with Crippen LogP contribution in [0.2, 0.25) is 0 Å². The van der Waals surface area contributed by atoms with Crippen molar-refractivity contribution in [1.29, 1.82) is 0 Å². The van der Waals surface area contributed by atoms with Gasteiger partial charge in [-0.15, -0.1) is 0 Å². The molecule has 0 aliphatic carbocycles. The van der Waals surface area contributed by atoms with Gasteiger partial charge < -0.3 is 14.7 Å². The van der Waals surface area contributed by atoms with Gasteiger partial charge in [0.1, 0.15) is 15.6 Å². The third-order valence-corrected chi connectivity index (χ3v) is 3.81. The number of ether oxygens (including phenoxy) is 1. The van der Waals surface area contributed by atoms with Crippen molar-refractivity contribution >= 4 is 15.5 Å². The SMILES string of the molecule is COc1cccc(N(C)CCS(C)(=O)=O)c1[C@@H](C)O. The van der Waals surface area contributed by atoms with E-state index < -0.39 is 15.9 Å². The van der Waals surface area contributed by atoms with Crippen molar-refractivity contribution < 1.29 is 18.3 Å². The molecule has 19 heavy (non-hydrogen) atoms. The van der Waals surface area contributed by atoms with Gasteiger partial charge in [0, 0.05) is 31.1 Å². The van der Waals surface area contributed by atoms with Crippen LogP contribution in [0.4, 0.5) is 5.69 Å². The lowest BCUT2D eigenvalue weighted by atomic mass is 10.1. The third-order valence-electron chi connectivity index (χ3n) is 2.89. The first-order valence-electron chi connectivity index (χ1n) is 6.00. The summed E-state index contributed by atoms with van der Waals surface area (Å²) >= 11 is 0. The minimum absolute atomic E-state index is 0.0694. The van der Waals surface area contributed by atoms with Crippen LogP contribution in [-0.4, -0.2) is 46.2 Å². The maximum Gasteiger partial charge on any atom is 0.149 e. The molecule has 0 spiro atoms. The average Bonchev–Trinajstić information content (AvgIpc) is 2.33. The van der Waals surface area contributed by atoms with Gasteiger partial charge in [0.15, 0.2) is 0 Å². The summed E-state index contributed by atoms with van der Waals surface area (Å²) in [4.78, 5) is 1.81. The summed E-state index contributed by atoms with van der Waals surface area (Å²) in [6.07, 6.45) is 0.522. The second kappa shape index (κ2) is 6.25. The van der Waals surface area contributed by atoms with E-state index in [0.717, 1.165) is 5.69 Å². The van der Waals surface area contributed by atoms with Crippen molar-refractivity contribution in [3.63, 3.8) is 0 Å². The van der Waals surface area contributed by atoms with Gasteiger partial charge in [0.25, 0.3) is 0 Å². The number of aliphatic hydroxyl groups excluding tert-OH is 1. The molecule has 1 aromatic rings. The first-order valence-corrected chi connectivity index (χ1v) is 8.06. The molecule has 6 heteroatoms. The Morgan fingerprint density at radius 1 is 1.42 bits per heavy atom. The molecule has 0 unspecified atom stereocenters. The second-order valence-corrected chi connectivity index (χ2v) is 6.88. The molecule has 0 aliphatic rings. The lowest BCUT2D eigenvalue weighted by Gasteiger charge is -2.24. The number of nitrogens with zero attached hydrogens (tertiary/aromatic N) is 1. The standard InChI is InChI=1S/C13H21NO4S/c1-10(15)13-11(6-5-7-12(13)18-3)14(2)8-9-19(4,16)17/h5-7,10,15H,8-9H2,1-4H3/t10-/m1/s1. The molecule has 1 aromatic carbocycles. The van der Waals surface area contributed by atoms with Crippen molar-refractivity contribution in [2.45, 2.75) is 13.0 Å². The predicted octanol–water partition coefficient (Wildman–Crippen LogP) is 1.23. The van der Waals surface area contributed by atoms with Crippen LogP contribution >= 0.6 is 0 Å². The fourth-order valence-electron chi connectivity index (χ4n) is 1.89. The highest BCUT2D eigenvalue weighted by molar-refractivity contribution is 7.90. The first-order chi connectivity index (χ1) is 8.76. The van der Waals surface area contributed by atoms with Crippen LogP contribution in [0.15, 0.2) is 18.2 Å². The first kappa shape index (κ1) is 15.8. The largest absolute Gasteiger partial charge is 0.496 e. The number of hydrogen-bond acceptors (Lipinski definition) is 5. The molecule has 0 bridgehead atoms. The summed E-state index contributed by atoms with van der Waals surface area (Å²) in [5, 5.41) is 9.87. The fraction of sp³-hybridized carbons (Fsp3) is 0.538.